The Morgan fingerprint density at radius 2 is 2.14 bits per heavy atom. The lowest BCUT2D eigenvalue weighted by Gasteiger charge is -2.15. The van der Waals surface area contributed by atoms with Gasteiger partial charge in [-0.25, -0.2) is 9.18 Å². The molecule has 7 heteroatoms. The fourth-order valence-corrected chi connectivity index (χ4v) is 1.66. The minimum absolute atomic E-state index is 0.000458. The Hall–Kier alpha value is -2.15. The van der Waals surface area contributed by atoms with Gasteiger partial charge in [-0.3, -0.25) is 4.79 Å². The van der Waals surface area contributed by atoms with Gasteiger partial charge in [0.1, 0.15) is 6.61 Å². The van der Waals surface area contributed by atoms with E-state index in [-0.39, 0.29) is 17.9 Å². The van der Waals surface area contributed by atoms with Gasteiger partial charge in [0.05, 0.1) is 7.11 Å². The third-order valence-corrected chi connectivity index (χ3v) is 2.64. The van der Waals surface area contributed by atoms with Crippen LogP contribution in [-0.4, -0.2) is 37.3 Å². The standard InChI is InChI=1S/C14H18FNO5/c1-3-6-21-8-12(17)16-13(14(18)19)9-4-5-11(20-2)10(15)7-9/h4-5,7,13H,3,6,8H2,1-2H3,(H,16,17)(H,18,19). The third-order valence-electron chi connectivity index (χ3n) is 2.64. The van der Waals surface area contributed by atoms with Crippen LogP contribution in [0.25, 0.3) is 0 Å². The highest BCUT2D eigenvalue weighted by molar-refractivity contribution is 5.85. The summed E-state index contributed by atoms with van der Waals surface area (Å²) >= 11 is 0. The first-order valence-electron chi connectivity index (χ1n) is 6.43. The zero-order valence-electron chi connectivity index (χ0n) is 11.9. The summed E-state index contributed by atoms with van der Waals surface area (Å²) in [6, 6.07) is 2.36. The Kier molecular flexibility index (Phi) is 6.61. The van der Waals surface area contributed by atoms with Crippen LogP contribution < -0.4 is 10.1 Å². The summed E-state index contributed by atoms with van der Waals surface area (Å²) in [5.41, 5.74) is 0.115. The van der Waals surface area contributed by atoms with E-state index in [0.717, 1.165) is 12.5 Å². The van der Waals surface area contributed by atoms with Crippen LogP contribution in [0.4, 0.5) is 4.39 Å². The van der Waals surface area contributed by atoms with Crippen LogP contribution in [0.1, 0.15) is 24.9 Å². The van der Waals surface area contributed by atoms with Gasteiger partial charge in [-0.2, -0.15) is 0 Å². The number of rotatable bonds is 8. The number of aliphatic carboxylic acids is 1. The quantitative estimate of drug-likeness (QED) is 0.711. The first-order chi connectivity index (χ1) is 9.99. The monoisotopic (exact) mass is 299 g/mol. The smallest absolute Gasteiger partial charge is 0.330 e. The molecule has 1 amide bonds. The largest absolute Gasteiger partial charge is 0.494 e. The van der Waals surface area contributed by atoms with Crippen molar-refractivity contribution in [3.63, 3.8) is 0 Å². The van der Waals surface area contributed by atoms with Crippen LogP contribution in [0, 0.1) is 5.82 Å². The maximum Gasteiger partial charge on any atom is 0.330 e. The molecule has 0 heterocycles. The summed E-state index contributed by atoms with van der Waals surface area (Å²) in [5, 5.41) is 11.4. The van der Waals surface area contributed by atoms with Crippen molar-refractivity contribution in [1.82, 2.24) is 5.32 Å². The molecule has 0 aromatic heterocycles. The number of carboxylic acids is 1. The summed E-state index contributed by atoms with van der Waals surface area (Å²) < 4.78 is 23.4. The van der Waals surface area contributed by atoms with Gasteiger partial charge in [0.25, 0.3) is 0 Å². The average Bonchev–Trinajstić information content (AvgIpc) is 2.44. The Balaban J connectivity index is 2.80. The van der Waals surface area contributed by atoms with E-state index in [1.165, 1.54) is 19.2 Å². The van der Waals surface area contributed by atoms with Crippen molar-refractivity contribution in [2.24, 2.45) is 0 Å². The van der Waals surface area contributed by atoms with E-state index in [1.54, 1.807) is 0 Å². The van der Waals surface area contributed by atoms with Gasteiger partial charge < -0.3 is 19.9 Å². The van der Waals surface area contributed by atoms with Gasteiger partial charge in [-0.15, -0.1) is 0 Å². The number of methoxy groups -OCH3 is 1. The van der Waals surface area contributed by atoms with Crippen LogP contribution in [0.5, 0.6) is 5.75 Å². The summed E-state index contributed by atoms with van der Waals surface area (Å²) in [6.07, 6.45) is 0.749. The highest BCUT2D eigenvalue weighted by Crippen LogP contribution is 2.22. The molecule has 0 bridgehead atoms. The molecule has 1 aromatic rings. The van der Waals surface area contributed by atoms with E-state index in [2.05, 4.69) is 5.32 Å². The lowest BCUT2D eigenvalue weighted by atomic mass is 10.1. The van der Waals surface area contributed by atoms with Gasteiger partial charge in [-0.1, -0.05) is 13.0 Å². The number of benzene rings is 1. The molecule has 6 nitrogen and oxygen atoms in total. The molecule has 0 aliphatic heterocycles. The van der Waals surface area contributed by atoms with E-state index < -0.39 is 23.7 Å². The first kappa shape index (κ1) is 16.9. The topological polar surface area (TPSA) is 84.9 Å². The molecule has 0 aliphatic carbocycles. The van der Waals surface area contributed by atoms with E-state index in [9.17, 15) is 14.0 Å². The number of carboxylic acid groups (broad SMARTS) is 1. The molecular formula is C14H18FNO5. The predicted octanol–water partition coefficient (Wildman–Crippen LogP) is 1.50. The number of ether oxygens (including phenoxy) is 2. The molecule has 0 saturated heterocycles. The maximum absolute atomic E-state index is 13.6. The van der Waals surface area contributed by atoms with Crippen LogP contribution in [0.2, 0.25) is 0 Å². The summed E-state index contributed by atoms with van der Waals surface area (Å²) in [6.45, 7) is 2.05. The second kappa shape index (κ2) is 8.21. The van der Waals surface area contributed by atoms with Crippen molar-refractivity contribution in [3.8, 4) is 5.75 Å². The van der Waals surface area contributed by atoms with Gasteiger partial charge >= 0.3 is 5.97 Å². The molecule has 116 valence electrons. The summed E-state index contributed by atoms with van der Waals surface area (Å²) in [4.78, 5) is 22.8. The number of amides is 1. The number of halogens is 1. The van der Waals surface area contributed by atoms with Gasteiger partial charge in [-0.05, 0) is 24.1 Å². The fraction of sp³-hybridized carbons (Fsp3) is 0.429. The predicted molar refractivity (Wildman–Crippen MR) is 72.6 cm³/mol. The molecule has 0 radical (unpaired) electrons. The summed E-state index contributed by atoms with van der Waals surface area (Å²) in [7, 11) is 1.31. The van der Waals surface area contributed by atoms with E-state index in [4.69, 9.17) is 14.6 Å². The molecule has 21 heavy (non-hydrogen) atoms. The van der Waals surface area contributed by atoms with E-state index in [0.29, 0.717) is 6.61 Å². The van der Waals surface area contributed by atoms with Crippen molar-refractivity contribution in [2.45, 2.75) is 19.4 Å². The number of nitrogens with one attached hydrogen (secondary N) is 1. The number of carbonyl (C=O) groups excluding carboxylic acids is 1. The van der Waals surface area contributed by atoms with Crippen LogP contribution in [-0.2, 0) is 14.3 Å². The Labute approximate surface area is 121 Å². The van der Waals surface area contributed by atoms with Crippen molar-refractivity contribution in [2.75, 3.05) is 20.3 Å². The van der Waals surface area contributed by atoms with Crippen LogP contribution >= 0.6 is 0 Å². The van der Waals surface area contributed by atoms with Crippen molar-refractivity contribution in [1.29, 1.82) is 0 Å². The molecule has 0 spiro atoms. The molecule has 1 unspecified atom stereocenters. The van der Waals surface area contributed by atoms with Crippen molar-refractivity contribution < 1.29 is 28.6 Å². The molecule has 0 aliphatic rings. The van der Waals surface area contributed by atoms with Crippen molar-refractivity contribution in [3.05, 3.63) is 29.6 Å². The second-order valence-electron chi connectivity index (χ2n) is 4.29. The zero-order chi connectivity index (χ0) is 15.8. The number of hydrogen-bond acceptors (Lipinski definition) is 4. The third kappa shape index (κ3) is 5.03. The maximum atomic E-state index is 13.6. The zero-order valence-corrected chi connectivity index (χ0v) is 11.9. The van der Waals surface area contributed by atoms with Gasteiger partial charge in [0.2, 0.25) is 5.91 Å². The molecular weight excluding hydrogens is 281 g/mol. The minimum Gasteiger partial charge on any atom is -0.494 e. The van der Waals surface area contributed by atoms with Gasteiger partial charge in [0.15, 0.2) is 17.6 Å². The molecule has 1 rings (SSSR count). The molecule has 1 aromatic carbocycles. The normalized spacial score (nSPS) is 11.8. The lowest BCUT2D eigenvalue weighted by Crippen LogP contribution is -2.36. The Morgan fingerprint density at radius 1 is 1.43 bits per heavy atom. The van der Waals surface area contributed by atoms with Crippen molar-refractivity contribution >= 4 is 11.9 Å². The van der Waals surface area contributed by atoms with Gasteiger partial charge in [0, 0.05) is 6.61 Å². The van der Waals surface area contributed by atoms with E-state index >= 15 is 0 Å². The minimum atomic E-state index is -1.34. The molecule has 0 saturated carbocycles. The number of carbonyl (C=O) groups is 2. The number of hydrogen-bond donors (Lipinski definition) is 2. The fourth-order valence-electron chi connectivity index (χ4n) is 1.66. The Morgan fingerprint density at radius 3 is 2.67 bits per heavy atom. The van der Waals surface area contributed by atoms with Crippen LogP contribution in [0.3, 0.4) is 0 Å². The van der Waals surface area contributed by atoms with E-state index in [1.807, 2.05) is 6.92 Å². The first-order valence-corrected chi connectivity index (χ1v) is 6.43. The SMILES string of the molecule is CCCOCC(=O)NC(C(=O)O)c1ccc(OC)c(F)c1. The highest BCUT2D eigenvalue weighted by atomic mass is 19.1. The van der Waals surface area contributed by atoms with Crippen LogP contribution in [0.15, 0.2) is 18.2 Å². The second-order valence-corrected chi connectivity index (χ2v) is 4.29. The highest BCUT2D eigenvalue weighted by Gasteiger charge is 2.23. The molecule has 0 fully saturated rings. The molecule has 2 N–H and O–H groups in total. The molecule has 1 atom stereocenters. The Bertz CT molecular complexity index is 506. The average molecular weight is 299 g/mol. The summed E-state index contributed by atoms with van der Waals surface area (Å²) in [5.74, 6) is -2.56. The lowest BCUT2D eigenvalue weighted by molar-refractivity contribution is -0.142.